The van der Waals surface area contributed by atoms with Gasteiger partial charge in [-0.1, -0.05) is 36.4 Å². The Morgan fingerprint density at radius 1 is 0.852 bits per heavy atom. The van der Waals surface area contributed by atoms with E-state index in [1.54, 1.807) is 6.07 Å². The monoisotopic (exact) mass is 356 g/mol. The maximum Gasteiger partial charge on any atom is 0.274 e. The van der Waals surface area contributed by atoms with Gasteiger partial charge in [-0.3, -0.25) is 19.8 Å². The number of aromatic nitrogens is 3. The van der Waals surface area contributed by atoms with Crippen molar-refractivity contribution in [1.29, 1.82) is 0 Å². The normalized spacial score (nSPS) is 12.3. The lowest BCUT2D eigenvalue weighted by Crippen LogP contribution is -2.08. The zero-order valence-electron chi connectivity index (χ0n) is 14.8. The lowest BCUT2D eigenvalue weighted by molar-refractivity contribution is 0.104. The molecule has 2 heterocycles. The first kappa shape index (κ1) is 15.6. The van der Waals surface area contributed by atoms with Gasteiger partial charge in [0.25, 0.3) is 5.56 Å². The van der Waals surface area contributed by atoms with Crippen LogP contribution in [-0.4, -0.2) is 35.1 Å². The second kappa shape index (κ2) is 5.41. The van der Waals surface area contributed by atoms with Gasteiger partial charge in [0.1, 0.15) is 0 Å². The summed E-state index contributed by atoms with van der Waals surface area (Å²) in [7, 11) is 3.93. The molecule has 0 atom stereocenters. The molecule has 5 rings (SSSR count). The minimum absolute atomic E-state index is 0.0951. The van der Waals surface area contributed by atoms with E-state index in [1.807, 2.05) is 61.5 Å². The predicted molar refractivity (Wildman–Crippen MR) is 105 cm³/mol. The van der Waals surface area contributed by atoms with Crippen LogP contribution in [0.4, 0.5) is 5.69 Å². The summed E-state index contributed by atoms with van der Waals surface area (Å²) in [5, 5.41) is 5.84. The summed E-state index contributed by atoms with van der Waals surface area (Å²) in [6.07, 6.45) is 0. The number of pyridine rings is 1. The first-order valence-corrected chi connectivity index (χ1v) is 8.62. The molecule has 0 amide bonds. The molecule has 0 spiro atoms. The number of benzene rings is 2. The molecule has 0 bridgehead atoms. The molecule has 0 unspecified atom stereocenters. The van der Waals surface area contributed by atoms with Crippen LogP contribution < -0.4 is 10.5 Å². The number of anilines is 1. The minimum atomic E-state index is -0.282. The molecule has 0 saturated carbocycles. The Kier molecular flexibility index (Phi) is 3.12. The van der Waals surface area contributed by atoms with Crippen LogP contribution in [0.25, 0.3) is 33.4 Å². The van der Waals surface area contributed by atoms with Gasteiger partial charge in [-0.2, -0.15) is 0 Å². The first-order chi connectivity index (χ1) is 13.1. The summed E-state index contributed by atoms with van der Waals surface area (Å²) in [5.74, 6) is -0.0951. The van der Waals surface area contributed by atoms with Crippen molar-refractivity contribution in [3.8, 4) is 22.4 Å². The van der Waals surface area contributed by atoms with Gasteiger partial charge in [-0.25, -0.2) is 4.98 Å². The Hall–Kier alpha value is -3.67. The van der Waals surface area contributed by atoms with Gasteiger partial charge in [-0.05, 0) is 17.7 Å². The number of carbonyl (C=O) groups excluding carboxylic acids is 1. The van der Waals surface area contributed by atoms with Crippen LogP contribution in [0, 0.1) is 0 Å². The van der Waals surface area contributed by atoms with Crippen molar-refractivity contribution >= 4 is 22.5 Å². The van der Waals surface area contributed by atoms with Gasteiger partial charge in [0.2, 0.25) is 0 Å². The maximum atomic E-state index is 13.2. The van der Waals surface area contributed by atoms with Gasteiger partial charge >= 0.3 is 0 Å². The van der Waals surface area contributed by atoms with Crippen LogP contribution in [0.1, 0.15) is 15.9 Å². The zero-order valence-corrected chi connectivity index (χ0v) is 14.8. The van der Waals surface area contributed by atoms with E-state index >= 15 is 0 Å². The van der Waals surface area contributed by atoms with Crippen LogP contribution >= 0.6 is 0 Å². The molecule has 0 saturated heterocycles. The number of nitrogens with one attached hydrogen (secondary N) is 2. The van der Waals surface area contributed by atoms with E-state index in [0.29, 0.717) is 33.4 Å². The number of H-pyrrole nitrogens is 2. The standard InChI is InChI=1S/C21H16N4O2/c1-25(2)12-9-7-11(8-10-12)15-16-18(22-20-17(15)21(27)24-23-20)13-5-3-4-6-14(13)19(16)26/h3-10H,1-2H3,(H2,22,23,24,27). The topological polar surface area (TPSA) is 81.8 Å². The van der Waals surface area contributed by atoms with Crippen LogP contribution in [0.2, 0.25) is 0 Å². The average Bonchev–Trinajstić information content (AvgIpc) is 3.19. The van der Waals surface area contributed by atoms with Crippen LogP contribution in [0.15, 0.2) is 53.3 Å². The molecule has 1 aliphatic carbocycles. The van der Waals surface area contributed by atoms with E-state index in [2.05, 4.69) is 15.2 Å². The molecule has 132 valence electrons. The van der Waals surface area contributed by atoms with Gasteiger partial charge < -0.3 is 4.90 Å². The molecular formula is C21H16N4O2. The maximum absolute atomic E-state index is 13.2. The Balaban J connectivity index is 1.88. The van der Waals surface area contributed by atoms with Crippen molar-refractivity contribution in [2.45, 2.75) is 0 Å². The zero-order chi connectivity index (χ0) is 18.7. The van der Waals surface area contributed by atoms with Crippen molar-refractivity contribution in [3.63, 3.8) is 0 Å². The van der Waals surface area contributed by atoms with Gasteiger partial charge in [0.05, 0.1) is 16.6 Å². The second-order valence-electron chi connectivity index (χ2n) is 6.83. The third kappa shape index (κ3) is 2.10. The number of fused-ring (bicyclic) bond motifs is 4. The Morgan fingerprint density at radius 2 is 1.56 bits per heavy atom. The van der Waals surface area contributed by atoms with Crippen molar-refractivity contribution in [3.05, 3.63) is 70.0 Å². The van der Waals surface area contributed by atoms with Crippen LogP contribution in [0.5, 0.6) is 0 Å². The summed E-state index contributed by atoms with van der Waals surface area (Å²) in [5.41, 5.74) is 5.18. The lowest BCUT2D eigenvalue weighted by Gasteiger charge is -2.14. The largest absolute Gasteiger partial charge is 0.378 e. The van der Waals surface area contributed by atoms with E-state index in [0.717, 1.165) is 16.8 Å². The van der Waals surface area contributed by atoms with Crippen molar-refractivity contribution in [2.24, 2.45) is 0 Å². The van der Waals surface area contributed by atoms with Gasteiger partial charge in [-0.15, -0.1) is 0 Å². The van der Waals surface area contributed by atoms with Gasteiger partial charge in [0.15, 0.2) is 11.4 Å². The molecule has 2 aromatic carbocycles. The summed E-state index contributed by atoms with van der Waals surface area (Å²) in [6.45, 7) is 0. The smallest absolute Gasteiger partial charge is 0.274 e. The van der Waals surface area contributed by atoms with E-state index < -0.39 is 0 Å². The fourth-order valence-corrected chi connectivity index (χ4v) is 3.73. The Morgan fingerprint density at radius 3 is 2.26 bits per heavy atom. The molecule has 27 heavy (non-hydrogen) atoms. The number of aromatic amines is 2. The van der Waals surface area contributed by atoms with Crippen molar-refractivity contribution in [1.82, 2.24) is 15.2 Å². The Labute approximate surface area is 154 Å². The number of carbonyl (C=O) groups is 1. The van der Waals surface area contributed by atoms with Crippen LogP contribution in [0.3, 0.4) is 0 Å². The lowest BCUT2D eigenvalue weighted by atomic mass is 9.95. The fraction of sp³-hybridized carbons (Fsp3) is 0.0952. The molecule has 6 nitrogen and oxygen atoms in total. The molecule has 6 heteroatoms. The number of hydrogen-bond donors (Lipinski definition) is 2. The van der Waals surface area contributed by atoms with Crippen molar-refractivity contribution < 1.29 is 4.79 Å². The summed E-state index contributed by atoms with van der Waals surface area (Å²) in [4.78, 5) is 32.2. The molecule has 1 aliphatic rings. The third-order valence-corrected chi connectivity index (χ3v) is 5.04. The SMILES string of the molecule is CN(C)c1ccc(-c2c3c(nc4[nH][nH]c(=O)c24)-c2ccccc2C3=O)cc1. The second-order valence-corrected chi connectivity index (χ2v) is 6.83. The highest BCUT2D eigenvalue weighted by Gasteiger charge is 2.33. The number of rotatable bonds is 2. The summed E-state index contributed by atoms with van der Waals surface area (Å²) < 4.78 is 0. The van der Waals surface area contributed by atoms with E-state index in [4.69, 9.17) is 0 Å². The molecule has 0 fully saturated rings. The van der Waals surface area contributed by atoms with Crippen LogP contribution in [-0.2, 0) is 0 Å². The molecule has 4 aromatic rings. The van der Waals surface area contributed by atoms with E-state index in [9.17, 15) is 9.59 Å². The number of ketones is 1. The third-order valence-electron chi connectivity index (χ3n) is 5.04. The number of nitrogens with zero attached hydrogens (tertiary/aromatic N) is 2. The van der Waals surface area contributed by atoms with E-state index in [-0.39, 0.29) is 11.3 Å². The highest BCUT2D eigenvalue weighted by Crippen LogP contribution is 2.42. The fourth-order valence-electron chi connectivity index (χ4n) is 3.73. The summed E-state index contributed by atoms with van der Waals surface area (Å²) in [6, 6.07) is 15.2. The molecular weight excluding hydrogens is 340 g/mol. The van der Waals surface area contributed by atoms with Gasteiger partial charge in [0, 0.05) is 36.5 Å². The summed E-state index contributed by atoms with van der Waals surface area (Å²) >= 11 is 0. The minimum Gasteiger partial charge on any atom is -0.378 e. The Bertz CT molecular complexity index is 1280. The number of hydrogen-bond acceptors (Lipinski definition) is 4. The molecule has 0 radical (unpaired) electrons. The predicted octanol–water partition coefficient (Wildman–Crippen LogP) is 3.20. The average molecular weight is 356 g/mol. The molecule has 0 aliphatic heterocycles. The first-order valence-electron chi connectivity index (χ1n) is 8.62. The highest BCUT2D eigenvalue weighted by atomic mass is 16.1. The van der Waals surface area contributed by atoms with Crippen molar-refractivity contribution in [2.75, 3.05) is 19.0 Å². The highest BCUT2D eigenvalue weighted by molar-refractivity contribution is 6.26. The quantitative estimate of drug-likeness (QED) is 0.509. The molecule has 2 aromatic heterocycles. The van der Waals surface area contributed by atoms with E-state index in [1.165, 1.54) is 0 Å². The molecule has 2 N–H and O–H groups in total.